The molecule has 8 heteroatoms. The molecule has 6 nitrogen and oxygen atoms in total. The van der Waals surface area contributed by atoms with E-state index in [0.29, 0.717) is 33.1 Å². The summed E-state index contributed by atoms with van der Waals surface area (Å²) in [5.74, 6) is 0.718. The van der Waals surface area contributed by atoms with E-state index in [4.69, 9.17) is 9.26 Å². The quantitative estimate of drug-likeness (QED) is 0.372. The SMILES string of the molecule is Cc1nc(COc2ccc(C(=O)NC(c3ccccc3)c3ccc(Br)cc3F)cc2)no1. The summed E-state index contributed by atoms with van der Waals surface area (Å²) in [5, 5.41) is 6.71. The van der Waals surface area contributed by atoms with Crippen LogP contribution in [0.15, 0.2) is 81.8 Å². The minimum absolute atomic E-state index is 0.155. The smallest absolute Gasteiger partial charge is 0.252 e. The lowest BCUT2D eigenvalue weighted by atomic mass is 9.97. The molecule has 1 heterocycles. The lowest BCUT2D eigenvalue weighted by Gasteiger charge is -2.21. The predicted molar refractivity (Wildman–Crippen MR) is 120 cm³/mol. The molecule has 3 aromatic carbocycles. The Labute approximate surface area is 192 Å². The number of hydrogen-bond acceptors (Lipinski definition) is 5. The second-order valence-corrected chi connectivity index (χ2v) is 7.94. The van der Waals surface area contributed by atoms with Gasteiger partial charge in [-0.1, -0.05) is 57.5 Å². The second-order valence-electron chi connectivity index (χ2n) is 7.03. The topological polar surface area (TPSA) is 77.2 Å². The number of halogens is 2. The fraction of sp³-hybridized carbons (Fsp3) is 0.125. The van der Waals surface area contributed by atoms with Gasteiger partial charge in [-0.2, -0.15) is 4.98 Å². The number of nitrogens with zero attached hydrogens (tertiary/aromatic N) is 2. The Morgan fingerprint density at radius 3 is 2.53 bits per heavy atom. The summed E-state index contributed by atoms with van der Waals surface area (Å²) in [5.41, 5.74) is 1.58. The van der Waals surface area contributed by atoms with Gasteiger partial charge in [0.05, 0.1) is 6.04 Å². The Morgan fingerprint density at radius 1 is 1.12 bits per heavy atom. The van der Waals surface area contributed by atoms with E-state index in [-0.39, 0.29) is 12.5 Å². The Balaban J connectivity index is 1.50. The van der Waals surface area contributed by atoms with Crippen LogP contribution in [0.3, 0.4) is 0 Å². The van der Waals surface area contributed by atoms with Crippen molar-refractivity contribution in [2.24, 2.45) is 0 Å². The largest absolute Gasteiger partial charge is 0.485 e. The molecule has 1 unspecified atom stereocenters. The highest BCUT2D eigenvalue weighted by Gasteiger charge is 2.21. The Bertz CT molecular complexity index is 1210. The maximum Gasteiger partial charge on any atom is 0.252 e. The highest BCUT2D eigenvalue weighted by molar-refractivity contribution is 9.10. The fourth-order valence-electron chi connectivity index (χ4n) is 3.19. The maximum absolute atomic E-state index is 14.7. The minimum Gasteiger partial charge on any atom is -0.485 e. The summed E-state index contributed by atoms with van der Waals surface area (Å²) in [6.45, 7) is 1.86. The van der Waals surface area contributed by atoms with Crippen LogP contribution in [0.1, 0.15) is 39.2 Å². The molecule has 162 valence electrons. The van der Waals surface area contributed by atoms with Gasteiger partial charge in [-0.05, 0) is 42.0 Å². The van der Waals surface area contributed by atoms with Crippen molar-refractivity contribution in [1.82, 2.24) is 15.5 Å². The Kier molecular flexibility index (Phi) is 6.61. The molecule has 0 bridgehead atoms. The van der Waals surface area contributed by atoms with Crippen molar-refractivity contribution < 1.29 is 18.4 Å². The molecule has 0 aliphatic heterocycles. The molecular formula is C24H19BrFN3O3. The Hall–Kier alpha value is -3.52. The van der Waals surface area contributed by atoms with Gasteiger partial charge in [0.1, 0.15) is 11.6 Å². The number of hydrogen-bond donors (Lipinski definition) is 1. The van der Waals surface area contributed by atoms with Gasteiger partial charge in [-0.15, -0.1) is 0 Å². The molecule has 0 aliphatic carbocycles. The van der Waals surface area contributed by atoms with Crippen LogP contribution in [0.2, 0.25) is 0 Å². The molecule has 1 aromatic heterocycles. The third-order valence-electron chi connectivity index (χ3n) is 4.74. The standard InChI is InChI=1S/C24H19BrFN3O3/c1-15-27-22(29-32-15)14-31-19-10-7-17(8-11-19)24(30)28-23(16-5-3-2-4-6-16)20-12-9-18(25)13-21(20)26/h2-13,23H,14H2,1H3,(H,28,30). The summed E-state index contributed by atoms with van der Waals surface area (Å²) >= 11 is 3.27. The van der Waals surface area contributed by atoms with Crippen molar-refractivity contribution in [3.05, 3.63) is 111 Å². The van der Waals surface area contributed by atoms with Crippen molar-refractivity contribution >= 4 is 21.8 Å². The lowest BCUT2D eigenvalue weighted by Crippen LogP contribution is -2.30. The zero-order valence-corrected chi connectivity index (χ0v) is 18.7. The first-order valence-corrected chi connectivity index (χ1v) is 10.6. The molecule has 0 radical (unpaired) electrons. The number of nitrogens with one attached hydrogen (secondary N) is 1. The molecule has 4 rings (SSSR count). The van der Waals surface area contributed by atoms with E-state index in [0.717, 1.165) is 5.56 Å². The van der Waals surface area contributed by atoms with Crippen molar-refractivity contribution in [3.63, 3.8) is 0 Å². The third kappa shape index (κ3) is 5.20. The molecule has 0 saturated heterocycles. The van der Waals surface area contributed by atoms with Crippen LogP contribution in [0.25, 0.3) is 0 Å². The molecule has 1 atom stereocenters. The van der Waals surface area contributed by atoms with Gasteiger partial charge in [0, 0.05) is 22.5 Å². The molecule has 1 amide bonds. The van der Waals surface area contributed by atoms with Crippen LogP contribution in [-0.4, -0.2) is 16.0 Å². The van der Waals surface area contributed by atoms with Gasteiger partial charge in [0.2, 0.25) is 11.7 Å². The first-order valence-electron chi connectivity index (χ1n) is 9.82. The van der Waals surface area contributed by atoms with E-state index in [1.807, 2.05) is 30.3 Å². The van der Waals surface area contributed by atoms with Gasteiger partial charge in [-0.3, -0.25) is 4.79 Å². The van der Waals surface area contributed by atoms with Crippen LogP contribution >= 0.6 is 15.9 Å². The number of carbonyl (C=O) groups excluding carboxylic acids is 1. The molecule has 0 aliphatic rings. The zero-order chi connectivity index (χ0) is 22.5. The van der Waals surface area contributed by atoms with Crippen molar-refractivity contribution in [2.75, 3.05) is 0 Å². The minimum atomic E-state index is -0.644. The molecule has 0 spiro atoms. The highest BCUT2D eigenvalue weighted by Crippen LogP contribution is 2.27. The van der Waals surface area contributed by atoms with Gasteiger partial charge in [-0.25, -0.2) is 4.39 Å². The molecular weight excluding hydrogens is 477 g/mol. The van der Waals surface area contributed by atoms with Gasteiger partial charge in [0.15, 0.2) is 6.61 Å². The summed E-state index contributed by atoms with van der Waals surface area (Å²) in [6.07, 6.45) is 0. The van der Waals surface area contributed by atoms with Crippen LogP contribution in [-0.2, 0) is 6.61 Å². The molecule has 4 aromatic rings. The van der Waals surface area contributed by atoms with E-state index in [9.17, 15) is 9.18 Å². The normalized spacial score (nSPS) is 11.7. The van der Waals surface area contributed by atoms with Crippen LogP contribution in [0.5, 0.6) is 5.75 Å². The van der Waals surface area contributed by atoms with E-state index < -0.39 is 11.9 Å². The lowest BCUT2D eigenvalue weighted by molar-refractivity contribution is 0.0942. The number of benzene rings is 3. The summed E-state index contributed by atoms with van der Waals surface area (Å²) in [6, 6.07) is 20.1. The predicted octanol–water partition coefficient (Wildman–Crippen LogP) is 5.38. The summed E-state index contributed by atoms with van der Waals surface area (Å²) in [7, 11) is 0. The average Bonchev–Trinajstić information content (AvgIpc) is 3.22. The van der Waals surface area contributed by atoms with Crippen LogP contribution in [0, 0.1) is 12.7 Å². The van der Waals surface area contributed by atoms with Crippen molar-refractivity contribution in [2.45, 2.75) is 19.6 Å². The molecule has 0 fully saturated rings. The van der Waals surface area contributed by atoms with E-state index in [2.05, 4.69) is 31.4 Å². The van der Waals surface area contributed by atoms with E-state index >= 15 is 0 Å². The third-order valence-corrected chi connectivity index (χ3v) is 5.23. The number of amides is 1. The van der Waals surface area contributed by atoms with Crippen molar-refractivity contribution in [1.29, 1.82) is 0 Å². The number of rotatable bonds is 7. The number of ether oxygens (including phenoxy) is 1. The highest BCUT2D eigenvalue weighted by atomic mass is 79.9. The average molecular weight is 496 g/mol. The summed E-state index contributed by atoms with van der Waals surface area (Å²) < 4.78 is 25.9. The van der Waals surface area contributed by atoms with Gasteiger partial charge in [0.25, 0.3) is 5.91 Å². The van der Waals surface area contributed by atoms with E-state index in [1.54, 1.807) is 43.3 Å². The monoisotopic (exact) mass is 495 g/mol. The van der Waals surface area contributed by atoms with Crippen LogP contribution < -0.4 is 10.1 Å². The first kappa shape index (κ1) is 21.7. The maximum atomic E-state index is 14.7. The molecule has 0 saturated carbocycles. The van der Waals surface area contributed by atoms with E-state index in [1.165, 1.54) is 6.07 Å². The fourth-order valence-corrected chi connectivity index (χ4v) is 3.52. The number of carbonyl (C=O) groups is 1. The van der Waals surface area contributed by atoms with Crippen molar-refractivity contribution in [3.8, 4) is 5.75 Å². The number of aromatic nitrogens is 2. The zero-order valence-electron chi connectivity index (χ0n) is 17.1. The number of aryl methyl sites for hydroxylation is 1. The van der Waals surface area contributed by atoms with Gasteiger partial charge < -0.3 is 14.6 Å². The van der Waals surface area contributed by atoms with Crippen LogP contribution in [0.4, 0.5) is 4.39 Å². The molecule has 32 heavy (non-hydrogen) atoms. The summed E-state index contributed by atoms with van der Waals surface area (Å²) in [4.78, 5) is 17.0. The Morgan fingerprint density at radius 2 is 1.88 bits per heavy atom. The second kappa shape index (κ2) is 9.74. The first-order chi connectivity index (χ1) is 15.5. The molecule has 1 N–H and O–H groups in total. The van der Waals surface area contributed by atoms with Gasteiger partial charge >= 0.3 is 0 Å².